The van der Waals surface area contributed by atoms with Gasteiger partial charge in [0.15, 0.2) is 6.10 Å². The van der Waals surface area contributed by atoms with Gasteiger partial charge >= 0.3 is 6.09 Å². The number of halogens is 1. The zero-order valence-electron chi connectivity index (χ0n) is 25.7. The Balaban J connectivity index is 1.22. The summed E-state index contributed by atoms with van der Waals surface area (Å²) in [5.74, 6) is -1.83. The molecule has 0 spiro atoms. The number of morpholine rings is 1. The molecule has 0 radical (unpaired) electrons. The first-order valence-electron chi connectivity index (χ1n) is 15.7. The van der Waals surface area contributed by atoms with Crippen LogP contribution in [-0.4, -0.2) is 109 Å². The smallest absolute Gasteiger partial charge is 0.410 e. The summed E-state index contributed by atoms with van der Waals surface area (Å²) in [6.07, 6.45) is 0.0760. The fourth-order valence-corrected chi connectivity index (χ4v) is 6.14. The highest BCUT2D eigenvalue weighted by atomic mass is 19.1. The molecule has 0 aliphatic carbocycles. The summed E-state index contributed by atoms with van der Waals surface area (Å²) in [5.41, 5.74) is 1.16. The highest BCUT2D eigenvalue weighted by molar-refractivity contribution is 5.94. The summed E-state index contributed by atoms with van der Waals surface area (Å²) in [5, 5.41) is 5.58. The molecule has 246 valence electrons. The Morgan fingerprint density at radius 3 is 2.54 bits per heavy atom. The van der Waals surface area contributed by atoms with Crippen LogP contribution in [0.15, 0.2) is 54.6 Å². The van der Waals surface area contributed by atoms with Gasteiger partial charge in [0.05, 0.1) is 19.7 Å². The van der Waals surface area contributed by atoms with Crippen molar-refractivity contribution in [2.75, 3.05) is 59.0 Å². The van der Waals surface area contributed by atoms with Crippen LogP contribution in [0.5, 0.6) is 0 Å². The quantitative estimate of drug-likeness (QED) is 0.493. The van der Waals surface area contributed by atoms with Gasteiger partial charge in [-0.05, 0) is 54.5 Å². The van der Waals surface area contributed by atoms with Crippen molar-refractivity contribution in [3.63, 3.8) is 0 Å². The molecule has 3 fully saturated rings. The zero-order valence-corrected chi connectivity index (χ0v) is 25.7. The maximum Gasteiger partial charge on any atom is 0.410 e. The van der Waals surface area contributed by atoms with E-state index in [1.807, 2.05) is 30.3 Å². The van der Waals surface area contributed by atoms with E-state index in [0.717, 1.165) is 5.56 Å². The maximum absolute atomic E-state index is 13.5. The van der Waals surface area contributed by atoms with Crippen LogP contribution in [0.2, 0.25) is 0 Å². The van der Waals surface area contributed by atoms with Crippen molar-refractivity contribution in [2.24, 2.45) is 11.8 Å². The summed E-state index contributed by atoms with van der Waals surface area (Å²) < 4.78 is 24.5. The van der Waals surface area contributed by atoms with Crippen molar-refractivity contribution in [3.05, 3.63) is 71.5 Å². The molecule has 3 heterocycles. The van der Waals surface area contributed by atoms with Gasteiger partial charge < -0.3 is 34.8 Å². The molecule has 0 aromatic heterocycles. The van der Waals surface area contributed by atoms with Crippen molar-refractivity contribution < 1.29 is 37.8 Å². The number of nitrogens with zero attached hydrogens (tertiary/aromatic N) is 3. The van der Waals surface area contributed by atoms with E-state index in [4.69, 9.17) is 9.47 Å². The second-order valence-electron chi connectivity index (χ2n) is 11.9. The van der Waals surface area contributed by atoms with Crippen LogP contribution < -0.4 is 10.6 Å². The van der Waals surface area contributed by atoms with E-state index < -0.39 is 29.8 Å². The van der Waals surface area contributed by atoms with E-state index in [0.29, 0.717) is 39.0 Å². The summed E-state index contributed by atoms with van der Waals surface area (Å²) >= 11 is 0. The Morgan fingerprint density at radius 1 is 0.978 bits per heavy atom. The first-order valence-corrected chi connectivity index (χ1v) is 15.7. The van der Waals surface area contributed by atoms with E-state index in [1.54, 1.807) is 9.80 Å². The summed E-state index contributed by atoms with van der Waals surface area (Å²) in [7, 11) is 0. The molecule has 46 heavy (non-hydrogen) atoms. The Hall–Kier alpha value is -4.52. The zero-order chi connectivity index (χ0) is 32.5. The Kier molecular flexibility index (Phi) is 11.2. The number of hydrogen-bond donors (Lipinski definition) is 2. The molecule has 0 unspecified atom stereocenters. The van der Waals surface area contributed by atoms with Crippen LogP contribution in [0.3, 0.4) is 0 Å². The first-order chi connectivity index (χ1) is 22.3. The van der Waals surface area contributed by atoms with E-state index in [9.17, 15) is 28.4 Å². The van der Waals surface area contributed by atoms with Crippen molar-refractivity contribution in [3.8, 4) is 0 Å². The Labute approximate surface area is 267 Å². The van der Waals surface area contributed by atoms with Crippen LogP contribution in [0, 0.1) is 17.7 Å². The fourth-order valence-electron chi connectivity index (χ4n) is 6.14. The molecule has 3 aliphatic heterocycles. The first kappa shape index (κ1) is 32.9. The van der Waals surface area contributed by atoms with Gasteiger partial charge in [0.2, 0.25) is 11.8 Å². The number of amides is 5. The molecule has 5 rings (SSSR count). The number of carbonyl (C=O) groups excluding carboxylic acids is 5. The second-order valence-corrected chi connectivity index (χ2v) is 11.9. The van der Waals surface area contributed by atoms with Gasteiger partial charge in [-0.3, -0.25) is 19.2 Å². The summed E-state index contributed by atoms with van der Waals surface area (Å²) in [6.45, 7) is 1.75. The van der Waals surface area contributed by atoms with E-state index in [1.165, 1.54) is 29.2 Å². The largest absolute Gasteiger partial charge is 0.445 e. The number of piperidine rings is 1. The number of nitrogens with one attached hydrogen (secondary N) is 2. The van der Waals surface area contributed by atoms with Crippen LogP contribution in [0.4, 0.5) is 9.18 Å². The number of likely N-dealkylation sites (tertiary alicyclic amines) is 1. The minimum absolute atomic E-state index is 0.00345. The van der Waals surface area contributed by atoms with Gasteiger partial charge in [-0.1, -0.05) is 30.3 Å². The Morgan fingerprint density at radius 2 is 1.76 bits per heavy atom. The molecule has 3 atom stereocenters. The summed E-state index contributed by atoms with van der Waals surface area (Å²) in [6, 6.07) is 14.5. The Bertz CT molecular complexity index is 1390. The van der Waals surface area contributed by atoms with Crippen molar-refractivity contribution in [1.29, 1.82) is 0 Å². The standard InChI is InChI=1S/C33H40FN5O7/c34-27-8-6-24(7-9-27)31(42)36-13-15-38-21-29(40)35-12-10-26-19-39(33(44)46-22-23-4-2-1-3-5-23)14-11-25(26)18-30(41)37-16-17-45-28(20-37)32(38)43/h1-9,25-26,28H,10-22H2,(H,35,40)(H,36,42)/t25-,26-,28-/m0/s1. The van der Waals surface area contributed by atoms with Gasteiger partial charge in [0, 0.05) is 51.3 Å². The average Bonchev–Trinajstić information content (AvgIpc) is 3.07. The third-order valence-electron chi connectivity index (χ3n) is 8.74. The van der Waals surface area contributed by atoms with Crippen LogP contribution in [0.25, 0.3) is 0 Å². The number of hydrogen-bond acceptors (Lipinski definition) is 7. The minimum Gasteiger partial charge on any atom is -0.445 e. The third-order valence-corrected chi connectivity index (χ3v) is 8.74. The molecule has 13 heteroatoms. The molecule has 2 bridgehead atoms. The van der Waals surface area contributed by atoms with E-state index in [2.05, 4.69) is 10.6 Å². The van der Waals surface area contributed by atoms with E-state index >= 15 is 0 Å². The highest BCUT2D eigenvalue weighted by Gasteiger charge is 2.37. The molecule has 2 aromatic carbocycles. The van der Waals surface area contributed by atoms with Gasteiger partial charge in [0.25, 0.3) is 11.8 Å². The van der Waals surface area contributed by atoms with Crippen molar-refractivity contribution >= 4 is 29.7 Å². The SMILES string of the molecule is O=C1CN(CCNC(=O)c2ccc(F)cc2)C(=O)[C@@H]2CN(CCO2)C(=O)C[C@@H]2CCN(C(=O)OCc3ccccc3)C[C@@H]2CCN1. The predicted octanol–water partition coefficient (Wildman–Crippen LogP) is 1.80. The molecular weight excluding hydrogens is 597 g/mol. The molecule has 5 amide bonds. The van der Waals surface area contributed by atoms with Gasteiger partial charge in [-0.25, -0.2) is 9.18 Å². The molecule has 2 aromatic rings. The average molecular weight is 638 g/mol. The fraction of sp³-hybridized carbons (Fsp3) is 0.485. The van der Waals surface area contributed by atoms with Crippen LogP contribution in [-0.2, 0) is 30.5 Å². The van der Waals surface area contributed by atoms with Gasteiger partial charge in [-0.15, -0.1) is 0 Å². The van der Waals surface area contributed by atoms with Crippen molar-refractivity contribution in [1.82, 2.24) is 25.3 Å². The lowest BCUT2D eigenvalue weighted by Gasteiger charge is -2.40. The van der Waals surface area contributed by atoms with Crippen molar-refractivity contribution in [2.45, 2.75) is 32.0 Å². The number of ether oxygens (including phenoxy) is 2. The van der Waals surface area contributed by atoms with E-state index in [-0.39, 0.29) is 75.0 Å². The number of benzene rings is 2. The molecule has 3 aliphatic rings. The molecule has 2 N–H and O–H groups in total. The lowest BCUT2D eigenvalue weighted by Crippen LogP contribution is -2.55. The molecule has 3 saturated heterocycles. The number of fused-ring (bicyclic) bond motifs is 3. The summed E-state index contributed by atoms with van der Waals surface area (Å²) in [4.78, 5) is 70.0. The predicted molar refractivity (Wildman–Crippen MR) is 164 cm³/mol. The topological polar surface area (TPSA) is 138 Å². The number of rotatable bonds is 6. The van der Waals surface area contributed by atoms with Gasteiger partial charge in [-0.2, -0.15) is 0 Å². The molecular formula is C33H40FN5O7. The third kappa shape index (κ3) is 8.81. The number of carbonyl (C=O) groups is 5. The minimum atomic E-state index is -0.946. The molecule has 0 saturated carbocycles. The highest BCUT2D eigenvalue weighted by Crippen LogP contribution is 2.30. The van der Waals surface area contributed by atoms with Gasteiger partial charge in [0.1, 0.15) is 12.4 Å². The molecule has 12 nitrogen and oxygen atoms in total. The lowest BCUT2D eigenvalue weighted by molar-refractivity contribution is -0.156. The van der Waals surface area contributed by atoms with Crippen LogP contribution in [0.1, 0.15) is 35.2 Å². The van der Waals surface area contributed by atoms with Crippen LogP contribution >= 0.6 is 0 Å². The second kappa shape index (κ2) is 15.7. The monoisotopic (exact) mass is 637 g/mol. The lowest BCUT2D eigenvalue weighted by atomic mass is 9.81. The maximum atomic E-state index is 13.5. The normalized spacial score (nSPS) is 22.8.